The van der Waals surface area contributed by atoms with Gasteiger partial charge in [0, 0.05) is 30.8 Å². The number of furan rings is 1. The zero-order valence-electron chi connectivity index (χ0n) is 12.7. The highest BCUT2D eigenvalue weighted by atomic mass is 16.5. The van der Waals surface area contributed by atoms with Crippen LogP contribution in [0, 0.1) is 0 Å². The fraction of sp³-hybridized carbons (Fsp3) is 0.118. The summed E-state index contributed by atoms with van der Waals surface area (Å²) in [5, 5.41) is 4.10. The van der Waals surface area contributed by atoms with E-state index in [0.29, 0.717) is 11.4 Å². The molecule has 0 atom stereocenters. The second-order valence-corrected chi connectivity index (χ2v) is 5.23. The van der Waals surface area contributed by atoms with Crippen LogP contribution >= 0.6 is 0 Å². The van der Waals surface area contributed by atoms with E-state index in [1.807, 2.05) is 35.7 Å². The van der Waals surface area contributed by atoms with Crippen molar-refractivity contribution in [3.8, 4) is 17.2 Å². The molecule has 0 aliphatic heterocycles. The van der Waals surface area contributed by atoms with Gasteiger partial charge in [0.15, 0.2) is 11.2 Å². The Labute approximate surface area is 131 Å². The summed E-state index contributed by atoms with van der Waals surface area (Å²) >= 11 is 0. The number of benzene rings is 1. The van der Waals surface area contributed by atoms with Crippen molar-refractivity contribution in [2.75, 3.05) is 19.5 Å². The normalized spacial score (nSPS) is 11.2. The first-order valence-corrected chi connectivity index (χ1v) is 7.19. The summed E-state index contributed by atoms with van der Waals surface area (Å²) in [5.74, 6) is 2.29. The van der Waals surface area contributed by atoms with Crippen LogP contribution in [-0.2, 0) is 0 Å². The topological polar surface area (TPSA) is 71.7 Å². The van der Waals surface area contributed by atoms with Crippen molar-refractivity contribution in [1.82, 2.24) is 9.38 Å². The number of rotatable bonds is 3. The highest BCUT2D eigenvalue weighted by Crippen LogP contribution is 2.33. The van der Waals surface area contributed by atoms with E-state index < -0.39 is 0 Å². The lowest BCUT2D eigenvalue weighted by atomic mass is 10.2. The fourth-order valence-electron chi connectivity index (χ4n) is 2.78. The lowest BCUT2D eigenvalue weighted by Gasteiger charge is -2.01. The van der Waals surface area contributed by atoms with Crippen LogP contribution in [0.15, 0.2) is 51.8 Å². The summed E-state index contributed by atoms with van der Waals surface area (Å²) in [4.78, 5) is 14.8. The van der Waals surface area contributed by atoms with Gasteiger partial charge in [0.2, 0.25) is 0 Å². The fourth-order valence-corrected chi connectivity index (χ4v) is 2.78. The Morgan fingerprint density at radius 1 is 1.22 bits per heavy atom. The SMILES string of the molecule is CNc1c(-c2cc3cc(OC)ccc3o2)[nH]c2cc(=O)ccn12. The minimum Gasteiger partial charge on any atom is -0.497 e. The van der Waals surface area contributed by atoms with Crippen LogP contribution in [0.1, 0.15) is 0 Å². The number of hydrogen-bond acceptors (Lipinski definition) is 4. The molecule has 0 saturated carbocycles. The van der Waals surface area contributed by atoms with E-state index in [2.05, 4.69) is 10.3 Å². The van der Waals surface area contributed by atoms with E-state index in [9.17, 15) is 4.79 Å². The first kappa shape index (κ1) is 13.5. The maximum absolute atomic E-state index is 11.5. The molecule has 0 bridgehead atoms. The average molecular weight is 309 g/mol. The van der Waals surface area contributed by atoms with Crippen molar-refractivity contribution in [1.29, 1.82) is 0 Å². The Balaban J connectivity index is 1.96. The molecule has 0 aliphatic carbocycles. The van der Waals surface area contributed by atoms with Gasteiger partial charge in [0.05, 0.1) is 7.11 Å². The number of H-pyrrole nitrogens is 1. The van der Waals surface area contributed by atoms with Gasteiger partial charge in [0.25, 0.3) is 0 Å². The van der Waals surface area contributed by atoms with Crippen molar-refractivity contribution in [3.63, 3.8) is 0 Å². The molecule has 0 saturated heterocycles. The molecule has 0 spiro atoms. The van der Waals surface area contributed by atoms with E-state index in [4.69, 9.17) is 9.15 Å². The van der Waals surface area contributed by atoms with Crippen LogP contribution in [-0.4, -0.2) is 23.5 Å². The monoisotopic (exact) mass is 309 g/mol. The Morgan fingerprint density at radius 3 is 2.87 bits per heavy atom. The predicted molar refractivity (Wildman–Crippen MR) is 89.3 cm³/mol. The molecule has 3 aromatic heterocycles. The molecule has 0 unspecified atom stereocenters. The van der Waals surface area contributed by atoms with Crippen molar-refractivity contribution in [2.24, 2.45) is 0 Å². The van der Waals surface area contributed by atoms with E-state index in [-0.39, 0.29) is 5.43 Å². The first-order chi connectivity index (χ1) is 11.2. The van der Waals surface area contributed by atoms with E-state index >= 15 is 0 Å². The standard InChI is InChI=1S/C17H15N3O3/c1-18-17-16(19-15-9-11(21)5-6-20(15)17)14-8-10-7-12(22-2)3-4-13(10)23-14/h3-9,18-19H,1-2H3. The third-order valence-electron chi connectivity index (χ3n) is 3.86. The summed E-state index contributed by atoms with van der Waals surface area (Å²) in [6.45, 7) is 0. The Bertz CT molecular complexity index is 1070. The van der Waals surface area contributed by atoms with E-state index in [1.165, 1.54) is 6.07 Å². The summed E-state index contributed by atoms with van der Waals surface area (Å²) in [6, 6.07) is 10.7. The molecule has 6 heteroatoms. The summed E-state index contributed by atoms with van der Waals surface area (Å²) in [7, 11) is 3.46. The molecule has 2 N–H and O–H groups in total. The lowest BCUT2D eigenvalue weighted by Crippen LogP contribution is -2.00. The molecule has 116 valence electrons. The number of hydrogen-bond donors (Lipinski definition) is 2. The second kappa shape index (κ2) is 4.95. The van der Waals surface area contributed by atoms with Gasteiger partial charge in [-0.2, -0.15) is 0 Å². The van der Waals surface area contributed by atoms with Gasteiger partial charge in [0.1, 0.15) is 28.5 Å². The Morgan fingerprint density at radius 2 is 2.09 bits per heavy atom. The number of pyridine rings is 1. The Kier molecular flexibility index (Phi) is 2.90. The third kappa shape index (κ3) is 2.07. The van der Waals surface area contributed by atoms with Gasteiger partial charge in [-0.3, -0.25) is 9.20 Å². The maximum Gasteiger partial charge on any atom is 0.183 e. The van der Waals surface area contributed by atoms with Gasteiger partial charge < -0.3 is 19.5 Å². The number of aromatic amines is 1. The molecular weight excluding hydrogens is 294 g/mol. The lowest BCUT2D eigenvalue weighted by molar-refractivity contribution is 0.415. The highest BCUT2D eigenvalue weighted by Gasteiger charge is 2.16. The van der Waals surface area contributed by atoms with Crippen LogP contribution in [0.2, 0.25) is 0 Å². The number of methoxy groups -OCH3 is 1. The van der Waals surface area contributed by atoms with Gasteiger partial charge in [-0.1, -0.05) is 0 Å². The predicted octanol–water partition coefficient (Wildman–Crippen LogP) is 3.09. The number of fused-ring (bicyclic) bond motifs is 2. The molecule has 4 rings (SSSR count). The van der Waals surface area contributed by atoms with Crippen molar-refractivity contribution >= 4 is 22.4 Å². The van der Waals surface area contributed by atoms with Gasteiger partial charge in [-0.15, -0.1) is 0 Å². The average Bonchev–Trinajstić information content (AvgIpc) is 3.13. The Hall–Kier alpha value is -3.15. The number of anilines is 1. The maximum atomic E-state index is 11.5. The molecule has 0 aliphatic rings. The smallest absolute Gasteiger partial charge is 0.183 e. The molecule has 3 heterocycles. The largest absolute Gasteiger partial charge is 0.497 e. The molecular formula is C17H15N3O3. The molecule has 0 fully saturated rings. The zero-order chi connectivity index (χ0) is 16.0. The molecule has 0 radical (unpaired) electrons. The second-order valence-electron chi connectivity index (χ2n) is 5.23. The first-order valence-electron chi connectivity index (χ1n) is 7.19. The minimum absolute atomic E-state index is 0.0465. The third-order valence-corrected chi connectivity index (χ3v) is 3.86. The van der Waals surface area contributed by atoms with E-state index in [1.54, 1.807) is 19.4 Å². The molecule has 23 heavy (non-hydrogen) atoms. The number of nitrogens with zero attached hydrogens (tertiary/aromatic N) is 1. The molecule has 1 aromatic carbocycles. The number of imidazole rings is 1. The van der Waals surface area contributed by atoms with Crippen molar-refractivity contribution < 1.29 is 9.15 Å². The van der Waals surface area contributed by atoms with Crippen molar-refractivity contribution in [3.05, 3.63) is 52.8 Å². The number of aromatic nitrogens is 2. The van der Waals surface area contributed by atoms with Gasteiger partial charge in [-0.05, 0) is 24.3 Å². The van der Waals surface area contributed by atoms with Gasteiger partial charge >= 0.3 is 0 Å². The van der Waals surface area contributed by atoms with Crippen molar-refractivity contribution in [2.45, 2.75) is 0 Å². The number of ether oxygens (including phenoxy) is 1. The molecule has 6 nitrogen and oxygen atoms in total. The zero-order valence-corrected chi connectivity index (χ0v) is 12.7. The number of nitrogens with one attached hydrogen (secondary N) is 2. The summed E-state index contributed by atoms with van der Waals surface area (Å²) in [5.41, 5.74) is 2.22. The molecule has 0 amide bonds. The quantitative estimate of drug-likeness (QED) is 0.610. The van der Waals surface area contributed by atoms with Crippen LogP contribution in [0.5, 0.6) is 5.75 Å². The van der Waals surface area contributed by atoms with Crippen LogP contribution in [0.3, 0.4) is 0 Å². The molecule has 4 aromatic rings. The van der Waals surface area contributed by atoms with Crippen LogP contribution in [0.25, 0.3) is 28.1 Å². The summed E-state index contributed by atoms with van der Waals surface area (Å²) in [6.07, 6.45) is 1.73. The van der Waals surface area contributed by atoms with Crippen LogP contribution in [0.4, 0.5) is 5.82 Å². The van der Waals surface area contributed by atoms with Crippen LogP contribution < -0.4 is 15.5 Å². The van der Waals surface area contributed by atoms with E-state index in [0.717, 1.165) is 28.2 Å². The highest BCUT2D eigenvalue weighted by molar-refractivity contribution is 5.86. The minimum atomic E-state index is -0.0465. The summed E-state index contributed by atoms with van der Waals surface area (Å²) < 4.78 is 13.1. The van der Waals surface area contributed by atoms with Gasteiger partial charge in [-0.25, -0.2) is 0 Å².